The summed E-state index contributed by atoms with van der Waals surface area (Å²) in [6, 6.07) is 0. The summed E-state index contributed by atoms with van der Waals surface area (Å²) in [6.45, 7) is 2.69. The van der Waals surface area contributed by atoms with Crippen molar-refractivity contribution in [1.29, 1.82) is 0 Å². The van der Waals surface area contributed by atoms with E-state index in [2.05, 4.69) is 0 Å². The minimum absolute atomic E-state index is 0. The summed E-state index contributed by atoms with van der Waals surface area (Å²) >= 11 is 0. The molecular weight excluding hydrogens is 188 g/mol. The van der Waals surface area contributed by atoms with Gasteiger partial charge in [0.05, 0.1) is 0 Å². The van der Waals surface area contributed by atoms with E-state index in [9.17, 15) is 4.79 Å². The number of rotatable bonds is 4. The molecule has 0 radical (unpaired) electrons. The van der Waals surface area contributed by atoms with Gasteiger partial charge in [-0.1, -0.05) is 0 Å². The molecule has 0 aliphatic carbocycles. The Morgan fingerprint density at radius 1 is 1.38 bits per heavy atom. The third-order valence-corrected chi connectivity index (χ3v) is 2.61. The van der Waals surface area contributed by atoms with Gasteiger partial charge in [0.25, 0.3) is 0 Å². The molecule has 1 amide bonds. The summed E-state index contributed by atoms with van der Waals surface area (Å²) in [7, 11) is 0. The average Bonchev–Trinajstić information content (AvgIpc) is 2.15. The summed E-state index contributed by atoms with van der Waals surface area (Å²) in [5, 5.41) is 0. The number of nitrogens with zero attached hydrogens (tertiary/aromatic N) is 1. The second-order valence-corrected chi connectivity index (χ2v) is 3.52. The molecule has 1 heterocycles. The van der Waals surface area contributed by atoms with Crippen molar-refractivity contribution in [3.8, 4) is 0 Å². The van der Waals surface area contributed by atoms with Crippen LogP contribution in [0.3, 0.4) is 0 Å². The van der Waals surface area contributed by atoms with Crippen molar-refractivity contribution in [2.45, 2.75) is 25.7 Å². The van der Waals surface area contributed by atoms with Crippen LogP contribution >= 0.6 is 12.4 Å². The second kappa shape index (κ2) is 7.15. The van der Waals surface area contributed by atoms with Gasteiger partial charge < -0.3 is 10.6 Å². The van der Waals surface area contributed by atoms with Gasteiger partial charge in [0, 0.05) is 13.1 Å². The first-order valence-electron chi connectivity index (χ1n) is 4.76. The lowest BCUT2D eigenvalue weighted by atomic mass is 9.92. The first-order chi connectivity index (χ1) is 5.86. The third-order valence-electron chi connectivity index (χ3n) is 2.61. The Morgan fingerprint density at radius 3 is 2.46 bits per heavy atom. The number of piperidine rings is 1. The predicted molar refractivity (Wildman–Crippen MR) is 55.9 cm³/mol. The summed E-state index contributed by atoms with van der Waals surface area (Å²) in [5.74, 6) is 0.810. The number of nitrogens with two attached hydrogens (primary N) is 1. The van der Waals surface area contributed by atoms with Crippen LogP contribution in [-0.2, 0) is 4.79 Å². The standard InChI is InChI=1S/C9H18N2O.ClH/c10-5-1-2-9-3-6-11(8-12)7-4-9;/h8-9H,1-7,10H2;1H. The van der Waals surface area contributed by atoms with Crippen LogP contribution in [0.1, 0.15) is 25.7 Å². The van der Waals surface area contributed by atoms with Gasteiger partial charge in [-0.25, -0.2) is 0 Å². The van der Waals surface area contributed by atoms with Crippen LogP contribution in [0.5, 0.6) is 0 Å². The molecule has 0 aromatic heterocycles. The van der Waals surface area contributed by atoms with Crippen molar-refractivity contribution in [3.05, 3.63) is 0 Å². The summed E-state index contributed by atoms with van der Waals surface area (Å²) in [6.07, 6.45) is 5.66. The molecule has 0 atom stereocenters. The van der Waals surface area contributed by atoms with Gasteiger partial charge in [-0.05, 0) is 38.1 Å². The molecule has 0 aromatic carbocycles. The first kappa shape index (κ1) is 12.7. The lowest BCUT2D eigenvalue weighted by Crippen LogP contribution is -2.32. The number of carbonyl (C=O) groups excluding carboxylic acids is 1. The number of amides is 1. The number of hydrogen-bond donors (Lipinski definition) is 1. The van der Waals surface area contributed by atoms with Crippen molar-refractivity contribution in [3.63, 3.8) is 0 Å². The molecule has 1 saturated heterocycles. The van der Waals surface area contributed by atoms with Gasteiger partial charge in [-0.3, -0.25) is 4.79 Å². The molecule has 1 aliphatic heterocycles. The Kier molecular flexibility index (Phi) is 7.00. The molecule has 4 heteroatoms. The second-order valence-electron chi connectivity index (χ2n) is 3.52. The highest BCUT2D eigenvalue weighted by atomic mass is 35.5. The van der Waals surface area contributed by atoms with Crippen LogP contribution in [0.25, 0.3) is 0 Å². The molecule has 2 N–H and O–H groups in total. The SMILES string of the molecule is Cl.NCCCC1CCN(C=O)CC1. The van der Waals surface area contributed by atoms with Crippen LogP contribution in [0.2, 0.25) is 0 Å². The zero-order chi connectivity index (χ0) is 8.81. The minimum atomic E-state index is 0. The van der Waals surface area contributed by atoms with Crippen LogP contribution in [-0.4, -0.2) is 30.9 Å². The molecule has 1 fully saturated rings. The van der Waals surface area contributed by atoms with Gasteiger partial charge in [0.1, 0.15) is 0 Å². The summed E-state index contributed by atoms with van der Waals surface area (Å²) < 4.78 is 0. The molecule has 1 aliphatic rings. The fourth-order valence-corrected chi connectivity index (χ4v) is 1.75. The van der Waals surface area contributed by atoms with Gasteiger partial charge in [-0.2, -0.15) is 0 Å². The lowest BCUT2D eigenvalue weighted by Gasteiger charge is -2.28. The van der Waals surface area contributed by atoms with E-state index < -0.39 is 0 Å². The Hall–Kier alpha value is -0.280. The topological polar surface area (TPSA) is 46.3 Å². The molecule has 1 rings (SSSR count). The smallest absolute Gasteiger partial charge is 0.209 e. The van der Waals surface area contributed by atoms with E-state index in [0.29, 0.717) is 0 Å². The van der Waals surface area contributed by atoms with Crippen LogP contribution < -0.4 is 5.73 Å². The zero-order valence-electron chi connectivity index (χ0n) is 7.95. The Morgan fingerprint density at radius 2 is 2.00 bits per heavy atom. The van der Waals surface area contributed by atoms with E-state index in [4.69, 9.17) is 5.73 Å². The minimum Gasteiger partial charge on any atom is -0.345 e. The molecule has 0 bridgehead atoms. The van der Waals surface area contributed by atoms with Crippen LogP contribution in [0.4, 0.5) is 0 Å². The molecule has 0 saturated carbocycles. The molecule has 78 valence electrons. The number of carbonyl (C=O) groups is 1. The highest BCUT2D eigenvalue weighted by Gasteiger charge is 2.16. The molecule has 13 heavy (non-hydrogen) atoms. The predicted octanol–water partition coefficient (Wildman–Crippen LogP) is 1.02. The average molecular weight is 207 g/mol. The van der Waals surface area contributed by atoms with Crippen LogP contribution in [0.15, 0.2) is 0 Å². The zero-order valence-corrected chi connectivity index (χ0v) is 8.76. The van der Waals surface area contributed by atoms with Crippen molar-refractivity contribution >= 4 is 18.8 Å². The molecule has 0 unspecified atom stereocenters. The molecule has 0 spiro atoms. The molecule has 0 aromatic rings. The third kappa shape index (κ3) is 4.48. The molecular formula is C9H19ClN2O. The maximum absolute atomic E-state index is 10.4. The maximum Gasteiger partial charge on any atom is 0.209 e. The van der Waals surface area contributed by atoms with E-state index in [0.717, 1.165) is 38.4 Å². The van der Waals surface area contributed by atoms with Crippen molar-refractivity contribution in [2.24, 2.45) is 11.7 Å². The Bertz CT molecular complexity index is 136. The number of halogens is 1. The summed E-state index contributed by atoms with van der Waals surface area (Å²) in [4.78, 5) is 12.2. The fourth-order valence-electron chi connectivity index (χ4n) is 1.75. The van der Waals surface area contributed by atoms with Gasteiger partial charge in [0.2, 0.25) is 6.41 Å². The monoisotopic (exact) mass is 206 g/mol. The highest BCUT2D eigenvalue weighted by Crippen LogP contribution is 2.20. The van der Waals surface area contributed by atoms with Crippen molar-refractivity contribution in [2.75, 3.05) is 19.6 Å². The number of likely N-dealkylation sites (tertiary alicyclic amines) is 1. The van der Waals surface area contributed by atoms with E-state index in [1.54, 1.807) is 0 Å². The highest BCUT2D eigenvalue weighted by molar-refractivity contribution is 5.85. The van der Waals surface area contributed by atoms with Gasteiger partial charge >= 0.3 is 0 Å². The van der Waals surface area contributed by atoms with Crippen molar-refractivity contribution < 1.29 is 4.79 Å². The Labute approximate surface area is 86.1 Å². The number of hydrogen-bond acceptors (Lipinski definition) is 2. The lowest BCUT2D eigenvalue weighted by molar-refractivity contribution is -0.119. The Balaban J connectivity index is 0.00000144. The van der Waals surface area contributed by atoms with Gasteiger partial charge in [-0.15, -0.1) is 12.4 Å². The van der Waals surface area contributed by atoms with Gasteiger partial charge in [0.15, 0.2) is 0 Å². The fraction of sp³-hybridized carbons (Fsp3) is 0.889. The maximum atomic E-state index is 10.4. The van der Waals surface area contributed by atoms with E-state index in [1.165, 1.54) is 19.3 Å². The summed E-state index contributed by atoms with van der Waals surface area (Å²) in [5.41, 5.74) is 5.43. The van der Waals surface area contributed by atoms with Crippen LogP contribution in [0, 0.1) is 5.92 Å². The molecule has 3 nitrogen and oxygen atoms in total. The first-order valence-corrected chi connectivity index (χ1v) is 4.76. The van der Waals surface area contributed by atoms with E-state index >= 15 is 0 Å². The van der Waals surface area contributed by atoms with E-state index in [-0.39, 0.29) is 12.4 Å². The van der Waals surface area contributed by atoms with Crippen molar-refractivity contribution in [1.82, 2.24) is 4.90 Å². The normalized spacial score (nSPS) is 18.1. The largest absolute Gasteiger partial charge is 0.345 e. The quantitative estimate of drug-likeness (QED) is 0.699. The van der Waals surface area contributed by atoms with E-state index in [1.807, 2.05) is 4.90 Å².